The number of nitrogens with zero attached hydrogens (tertiary/aromatic N) is 1. The lowest BCUT2D eigenvalue weighted by molar-refractivity contribution is -0.425. The van der Waals surface area contributed by atoms with Gasteiger partial charge >= 0.3 is 5.70 Å². The zero-order valence-electron chi connectivity index (χ0n) is 8.33. The molecule has 0 aromatic carbocycles. The molecule has 14 heavy (non-hydrogen) atoms. The van der Waals surface area contributed by atoms with Crippen LogP contribution in [0.15, 0.2) is 34.7 Å². The second kappa shape index (κ2) is 5.44. The minimum atomic E-state index is -0.540. The Kier molecular flexibility index (Phi) is 4.94. The van der Waals surface area contributed by atoms with Crippen molar-refractivity contribution in [2.45, 2.75) is 13.8 Å². The van der Waals surface area contributed by atoms with Gasteiger partial charge < -0.3 is 4.74 Å². The first-order valence-electron chi connectivity index (χ1n) is 3.86. The number of rotatable bonds is 4. The summed E-state index contributed by atoms with van der Waals surface area (Å²) >= 11 is 5.59. The van der Waals surface area contributed by atoms with E-state index in [0.29, 0.717) is 5.57 Å². The Balaban J connectivity index is 5.47. The van der Waals surface area contributed by atoms with Gasteiger partial charge in [-0.3, -0.25) is 10.1 Å². The fourth-order valence-corrected chi connectivity index (χ4v) is 0.981. The third-order valence-corrected chi connectivity index (χ3v) is 1.94. The average Bonchev–Trinajstić information content (AvgIpc) is 2.12. The topological polar surface area (TPSA) is 52.4 Å². The Hall–Kier alpha value is -1.29. The van der Waals surface area contributed by atoms with Crippen molar-refractivity contribution < 1.29 is 9.66 Å². The standard InChI is InChI=1S/C9H12ClNO3/c1-5-8(14-4)9(11(12)13)6(2)7(3)10/h5H,3H2,1-2,4H3/b8-5+,9-6+. The highest BCUT2D eigenvalue weighted by atomic mass is 35.5. The molecule has 0 spiro atoms. The Labute approximate surface area is 87.7 Å². The van der Waals surface area contributed by atoms with Crippen LogP contribution < -0.4 is 0 Å². The Bertz CT molecular complexity index is 318. The van der Waals surface area contributed by atoms with Crippen molar-refractivity contribution in [1.82, 2.24) is 0 Å². The van der Waals surface area contributed by atoms with Gasteiger partial charge in [0.25, 0.3) is 0 Å². The predicted molar refractivity (Wildman–Crippen MR) is 55.5 cm³/mol. The van der Waals surface area contributed by atoms with Crippen LogP contribution in [0.2, 0.25) is 0 Å². The number of hydrogen-bond donors (Lipinski definition) is 0. The highest BCUT2D eigenvalue weighted by Crippen LogP contribution is 2.22. The van der Waals surface area contributed by atoms with E-state index >= 15 is 0 Å². The van der Waals surface area contributed by atoms with Crippen molar-refractivity contribution in [3.8, 4) is 0 Å². The van der Waals surface area contributed by atoms with Crippen LogP contribution in [0.25, 0.3) is 0 Å². The van der Waals surface area contributed by atoms with Crippen LogP contribution in [0.1, 0.15) is 13.8 Å². The lowest BCUT2D eigenvalue weighted by Gasteiger charge is -2.05. The quantitative estimate of drug-likeness (QED) is 0.315. The first-order chi connectivity index (χ1) is 6.45. The molecule has 4 nitrogen and oxygen atoms in total. The summed E-state index contributed by atoms with van der Waals surface area (Å²) < 4.78 is 4.86. The first kappa shape index (κ1) is 12.7. The van der Waals surface area contributed by atoms with Crippen molar-refractivity contribution in [3.63, 3.8) is 0 Å². The molecule has 0 aliphatic rings. The molecule has 0 bridgehead atoms. The molecule has 0 amide bonds. The van der Waals surface area contributed by atoms with Crippen molar-refractivity contribution in [3.05, 3.63) is 44.8 Å². The number of methoxy groups -OCH3 is 1. The summed E-state index contributed by atoms with van der Waals surface area (Å²) in [6.45, 7) is 6.60. The molecule has 0 aromatic heterocycles. The summed E-state index contributed by atoms with van der Waals surface area (Å²) in [4.78, 5) is 10.2. The average molecular weight is 218 g/mol. The van der Waals surface area contributed by atoms with Crippen molar-refractivity contribution in [2.75, 3.05) is 7.11 Å². The SMILES string of the molecule is C=C(Cl)/C(C)=C(\C(=C/C)OC)[N+](=O)[O-]. The minimum absolute atomic E-state index is 0.133. The third-order valence-electron chi connectivity index (χ3n) is 1.66. The summed E-state index contributed by atoms with van der Waals surface area (Å²) in [5, 5.41) is 10.9. The summed E-state index contributed by atoms with van der Waals surface area (Å²) in [5.41, 5.74) is 0.140. The van der Waals surface area contributed by atoms with Crippen LogP contribution in [-0.2, 0) is 4.74 Å². The molecular formula is C9H12ClNO3. The molecule has 0 aromatic rings. The minimum Gasteiger partial charge on any atom is -0.490 e. The molecule has 0 aliphatic heterocycles. The van der Waals surface area contributed by atoms with Crippen LogP contribution in [0.3, 0.4) is 0 Å². The predicted octanol–water partition coefficient (Wildman–Crippen LogP) is 2.84. The first-order valence-corrected chi connectivity index (χ1v) is 4.24. The number of hydrogen-bond acceptors (Lipinski definition) is 3. The Morgan fingerprint density at radius 3 is 2.36 bits per heavy atom. The summed E-state index contributed by atoms with van der Waals surface area (Å²) in [6.07, 6.45) is 1.50. The molecular weight excluding hydrogens is 206 g/mol. The largest absolute Gasteiger partial charge is 0.490 e. The van der Waals surface area contributed by atoms with Crippen molar-refractivity contribution in [2.24, 2.45) is 0 Å². The molecule has 0 aliphatic carbocycles. The van der Waals surface area contributed by atoms with E-state index in [9.17, 15) is 10.1 Å². The van der Waals surface area contributed by atoms with Crippen LogP contribution in [0.5, 0.6) is 0 Å². The van der Waals surface area contributed by atoms with E-state index in [1.165, 1.54) is 20.1 Å². The number of nitro groups is 1. The van der Waals surface area contributed by atoms with E-state index in [1.54, 1.807) is 6.92 Å². The number of halogens is 1. The van der Waals surface area contributed by atoms with Gasteiger partial charge in [0, 0.05) is 10.6 Å². The number of ether oxygens (including phenoxy) is 1. The lowest BCUT2D eigenvalue weighted by atomic mass is 10.2. The van der Waals surface area contributed by atoms with E-state index < -0.39 is 4.92 Å². The number of allylic oxidation sites excluding steroid dienone is 3. The van der Waals surface area contributed by atoms with Gasteiger partial charge in [-0.15, -0.1) is 0 Å². The van der Waals surface area contributed by atoms with Gasteiger partial charge in [0.05, 0.1) is 12.0 Å². The maximum Gasteiger partial charge on any atom is 0.314 e. The van der Waals surface area contributed by atoms with Gasteiger partial charge in [-0.1, -0.05) is 18.2 Å². The van der Waals surface area contributed by atoms with Gasteiger partial charge in [0.15, 0.2) is 5.76 Å². The van der Waals surface area contributed by atoms with Gasteiger partial charge in [0.2, 0.25) is 0 Å². The van der Waals surface area contributed by atoms with Crippen molar-refractivity contribution >= 4 is 11.6 Å². The van der Waals surface area contributed by atoms with E-state index in [2.05, 4.69) is 6.58 Å². The monoisotopic (exact) mass is 217 g/mol. The fraction of sp³-hybridized carbons (Fsp3) is 0.333. The van der Waals surface area contributed by atoms with Crippen LogP contribution in [0, 0.1) is 10.1 Å². The second-order valence-corrected chi connectivity index (χ2v) is 2.95. The summed E-state index contributed by atoms with van der Waals surface area (Å²) in [7, 11) is 1.36. The zero-order chi connectivity index (χ0) is 11.3. The molecule has 0 N–H and O–H groups in total. The lowest BCUT2D eigenvalue weighted by Crippen LogP contribution is -2.06. The van der Waals surface area contributed by atoms with Gasteiger partial charge in [0.1, 0.15) is 0 Å². The summed E-state index contributed by atoms with van der Waals surface area (Å²) in [5.74, 6) is 0.175. The Morgan fingerprint density at radius 1 is 1.64 bits per heavy atom. The molecule has 0 heterocycles. The third kappa shape index (κ3) is 2.88. The maximum atomic E-state index is 10.7. The normalized spacial score (nSPS) is 13.3. The molecule has 78 valence electrons. The van der Waals surface area contributed by atoms with E-state index in [1.807, 2.05) is 0 Å². The molecule has 0 fully saturated rings. The van der Waals surface area contributed by atoms with Gasteiger partial charge in [-0.05, 0) is 19.9 Å². The molecule has 0 saturated heterocycles. The Morgan fingerprint density at radius 2 is 2.14 bits per heavy atom. The second-order valence-electron chi connectivity index (χ2n) is 2.49. The van der Waals surface area contributed by atoms with Gasteiger partial charge in [-0.2, -0.15) is 0 Å². The van der Waals surface area contributed by atoms with E-state index in [-0.39, 0.29) is 16.5 Å². The van der Waals surface area contributed by atoms with E-state index in [4.69, 9.17) is 16.3 Å². The zero-order valence-corrected chi connectivity index (χ0v) is 9.09. The van der Waals surface area contributed by atoms with Crippen molar-refractivity contribution in [1.29, 1.82) is 0 Å². The van der Waals surface area contributed by atoms with E-state index in [0.717, 1.165) is 0 Å². The van der Waals surface area contributed by atoms with Crippen LogP contribution >= 0.6 is 11.6 Å². The highest BCUT2D eigenvalue weighted by molar-refractivity contribution is 6.31. The maximum absolute atomic E-state index is 10.7. The summed E-state index contributed by atoms with van der Waals surface area (Å²) in [6, 6.07) is 0. The van der Waals surface area contributed by atoms with Crippen LogP contribution in [0.4, 0.5) is 0 Å². The molecule has 0 unspecified atom stereocenters. The fourth-order valence-electron chi connectivity index (χ4n) is 0.891. The molecule has 0 atom stereocenters. The van der Waals surface area contributed by atoms with Crippen LogP contribution in [-0.4, -0.2) is 12.0 Å². The molecule has 0 saturated carbocycles. The molecule has 5 heteroatoms. The van der Waals surface area contributed by atoms with Gasteiger partial charge in [-0.25, -0.2) is 0 Å². The molecule has 0 radical (unpaired) electrons. The molecule has 0 rings (SSSR count). The highest BCUT2D eigenvalue weighted by Gasteiger charge is 2.22. The smallest absolute Gasteiger partial charge is 0.314 e.